The van der Waals surface area contributed by atoms with Gasteiger partial charge in [0.25, 0.3) is 0 Å². The van der Waals surface area contributed by atoms with Gasteiger partial charge in [-0.25, -0.2) is 4.39 Å². The summed E-state index contributed by atoms with van der Waals surface area (Å²) < 4.78 is 18.4. The van der Waals surface area contributed by atoms with Crippen molar-refractivity contribution in [1.29, 1.82) is 5.26 Å². The van der Waals surface area contributed by atoms with Gasteiger partial charge in [0.1, 0.15) is 29.8 Å². The maximum Gasteiger partial charge on any atom is 0.144 e. The Hall–Kier alpha value is -1.60. The van der Waals surface area contributed by atoms with Crippen molar-refractivity contribution in [2.24, 2.45) is 0 Å². The van der Waals surface area contributed by atoms with Gasteiger partial charge in [-0.15, -0.1) is 0 Å². The summed E-state index contributed by atoms with van der Waals surface area (Å²) in [5.41, 5.74) is -0.0312. The Balaban J connectivity index is 2.69. The van der Waals surface area contributed by atoms with Gasteiger partial charge in [-0.05, 0) is 26.2 Å². The van der Waals surface area contributed by atoms with E-state index < -0.39 is 5.82 Å². The van der Waals surface area contributed by atoms with Gasteiger partial charge in [-0.3, -0.25) is 0 Å². The maximum absolute atomic E-state index is 13.1. The summed E-state index contributed by atoms with van der Waals surface area (Å²) in [4.78, 5) is 1.95. The molecule has 15 heavy (non-hydrogen) atoms. The zero-order chi connectivity index (χ0) is 11.3. The van der Waals surface area contributed by atoms with Gasteiger partial charge < -0.3 is 9.64 Å². The van der Waals surface area contributed by atoms with Crippen LogP contribution >= 0.6 is 0 Å². The molecule has 4 heteroatoms. The Labute approximate surface area is 88.7 Å². The SMILES string of the molecule is CN(C)CCOc1cccc(F)c1C#N. The first-order valence-corrected chi connectivity index (χ1v) is 4.61. The third-order valence-corrected chi connectivity index (χ3v) is 1.88. The first-order valence-electron chi connectivity index (χ1n) is 4.61. The van der Waals surface area contributed by atoms with E-state index in [-0.39, 0.29) is 5.56 Å². The van der Waals surface area contributed by atoms with E-state index in [1.807, 2.05) is 19.0 Å². The van der Waals surface area contributed by atoms with Crippen molar-refractivity contribution in [3.8, 4) is 11.8 Å². The molecule has 0 aliphatic heterocycles. The van der Waals surface area contributed by atoms with Crippen LogP contribution < -0.4 is 4.74 Å². The lowest BCUT2D eigenvalue weighted by Gasteiger charge is -2.11. The van der Waals surface area contributed by atoms with Crippen LogP contribution in [0.4, 0.5) is 4.39 Å². The molecule has 0 fully saturated rings. The number of nitrogens with zero attached hydrogens (tertiary/aromatic N) is 2. The average molecular weight is 208 g/mol. The second-order valence-corrected chi connectivity index (χ2v) is 3.38. The van der Waals surface area contributed by atoms with E-state index in [0.29, 0.717) is 12.4 Å². The first-order chi connectivity index (χ1) is 7.15. The third kappa shape index (κ3) is 3.22. The summed E-state index contributed by atoms with van der Waals surface area (Å²) in [7, 11) is 3.83. The molecule has 0 atom stereocenters. The van der Waals surface area contributed by atoms with Crippen LogP contribution in [0.1, 0.15) is 5.56 Å². The van der Waals surface area contributed by atoms with Gasteiger partial charge in [0.05, 0.1) is 0 Å². The lowest BCUT2D eigenvalue weighted by molar-refractivity contribution is 0.260. The summed E-state index contributed by atoms with van der Waals surface area (Å²) in [5.74, 6) is -0.237. The molecule has 0 spiro atoms. The highest BCUT2D eigenvalue weighted by molar-refractivity contribution is 5.43. The average Bonchev–Trinajstić information content (AvgIpc) is 2.17. The number of likely N-dealkylation sites (N-methyl/N-ethyl adjacent to an activating group) is 1. The van der Waals surface area contributed by atoms with Crippen LogP contribution in [-0.2, 0) is 0 Å². The minimum atomic E-state index is -0.542. The fourth-order valence-electron chi connectivity index (χ4n) is 1.07. The Bertz CT molecular complexity index is 371. The van der Waals surface area contributed by atoms with Gasteiger partial charge in [0.2, 0.25) is 0 Å². The number of ether oxygens (including phenoxy) is 1. The fraction of sp³-hybridized carbons (Fsp3) is 0.364. The highest BCUT2D eigenvalue weighted by atomic mass is 19.1. The summed E-state index contributed by atoms with van der Waals surface area (Å²) in [5, 5.41) is 8.73. The van der Waals surface area contributed by atoms with Crippen molar-refractivity contribution in [1.82, 2.24) is 4.90 Å². The molecule has 3 nitrogen and oxygen atoms in total. The summed E-state index contributed by atoms with van der Waals surface area (Å²) in [6, 6.07) is 6.16. The molecule has 1 aromatic rings. The Kier molecular flexibility index (Phi) is 4.07. The predicted molar refractivity (Wildman–Crippen MR) is 55.2 cm³/mol. The van der Waals surface area contributed by atoms with Crippen molar-refractivity contribution < 1.29 is 9.13 Å². The second kappa shape index (κ2) is 5.32. The van der Waals surface area contributed by atoms with E-state index in [0.717, 1.165) is 6.54 Å². The zero-order valence-corrected chi connectivity index (χ0v) is 8.83. The molecule has 0 amide bonds. The smallest absolute Gasteiger partial charge is 0.144 e. The van der Waals surface area contributed by atoms with Crippen molar-refractivity contribution >= 4 is 0 Å². The minimum Gasteiger partial charge on any atom is -0.491 e. The van der Waals surface area contributed by atoms with Crippen LogP contribution in [0.3, 0.4) is 0 Å². The maximum atomic E-state index is 13.1. The van der Waals surface area contributed by atoms with Crippen LogP contribution in [0.15, 0.2) is 18.2 Å². The number of halogens is 1. The van der Waals surface area contributed by atoms with Crippen LogP contribution in [-0.4, -0.2) is 32.1 Å². The molecule has 1 aromatic carbocycles. The van der Waals surface area contributed by atoms with Crippen LogP contribution in [0.25, 0.3) is 0 Å². The predicted octanol–water partition coefficient (Wildman–Crippen LogP) is 1.64. The third-order valence-electron chi connectivity index (χ3n) is 1.88. The van der Waals surface area contributed by atoms with Crippen molar-refractivity contribution in [2.75, 3.05) is 27.2 Å². The van der Waals surface area contributed by atoms with Crippen molar-refractivity contribution in [3.05, 3.63) is 29.6 Å². The Morgan fingerprint density at radius 3 is 2.80 bits per heavy atom. The molecule has 0 aliphatic rings. The summed E-state index contributed by atoms with van der Waals surface area (Å²) in [6.07, 6.45) is 0. The lowest BCUT2D eigenvalue weighted by atomic mass is 10.2. The van der Waals surface area contributed by atoms with Crippen LogP contribution in [0.2, 0.25) is 0 Å². The summed E-state index contributed by atoms with van der Waals surface area (Å²) >= 11 is 0. The molecule has 1 rings (SSSR count). The van der Waals surface area contributed by atoms with E-state index in [9.17, 15) is 4.39 Å². The number of hydrogen-bond donors (Lipinski definition) is 0. The van der Waals surface area contributed by atoms with E-state index >= 15 is 0 Å². The number of benzene rings is 1. The molecule has 0 heterocycles. The largest absolute Gasteiger partial charge is 0.491 e. The highest BCUT2D eigenvalue weighted by Crippen LogP contribution is 2.19. The zero-order valence-electron chi connectivity index (χ0n) is 8.83. The minimum absolute atomic E-state index is 0.0312. The molecule has 0 saturated carbocycles. The van der Waals surface area contributed by atoms with Gasteiger partial charge in [0, 0.05) is 6.54 Å². The summed E-state index contributed by atoms with van der Waals surface area (Å²) in [6.45, 7) is 1.16. The molecule has 0 unspecified atom stereocenters. The molecule has 0 bridgehead atoms. The molecule has 0 radical (unpaired) electrons. The second-order valence-electron chi connectivity index (χ2n) is 3.38. The first kappa shape index (κ1) is 11.5. The van der Waals surface area contributed by atoms with E-state index in [1.54, 1.807) is 12.1 Å². The van der Waals surface area contributed by atoms with Crippen LogP contribution in [0.5, 0.6) is 5.75 Å². The van der Waals surface area contributed by atoms with Crippen molar-refractivity contribution in [2.45, 2.75) is 0 Å². The van der Waals surface area contributed by atoms with Gasteiger partial charge in [-0.2, -0.15) is 5.26 Å². The monoisotopic (exact) mass is 208 g/mol. The number of nitriles is 1. The molecular weight excluding hydrogens is 195 g/mol. The normalized spacial score (nSPS) is 10.1. The quantitative estimate of drug-likeness (QED) is 0.754. The molecule has 0 aromatic heterocycles. The Morgan fingerprint density at radius 1 is 1.47 bits per heavy atom. The topological polar surface area (TPSA) is 36.3 Å². The van der Waals surface area contributed by atoms with E-state index in [4.69, 9.17) is 10.00 Å². The van der Waals surface area contributed by atoms with Gasteiger partial charge >= 0.3 is 0 Å². The van der Waals surface area contributed by atoms with Gasteiger partial charge in [-0.1, -0.05) is 6.07 Å². The number of rotatable bonds is 4. The molecule has 0 saturated heterocycles. The fourth-order valence-corrected chi connectivity index (χ4v) is 1.07. The van der Waals surface area contributed by atoms with Gasteiger partial charge in [0.15, 0.2) is 0 Å². The number of hydrogen-bond acceptors (Lipinski definition) is 3. The molecule has 80 valence electrons. The van der Waals surface area contributed by atoms with Crippen molar-refractivity contribution in [3.63, 3.8) is 0 Å². The molecular formula is C11H13FN2O. The lowest BCUT2D eigenvalue weighted by Crippen LogP contribution is -2.19. The molecule has 0 N–H and O–H groups in total. The van der Waals surface area contributed by atoms with E-state index in [2.05, 4.69) is 0 Å². The van der Waals surface area contributed by atoms with Crippen LogP contribution in [0, 0.1) is 17.1 Å². The molecule has 0 aliphatic carbocycles. The highest BCUT2D eigenvalue weighted by Gasteiger charge is 2.08. The van der Waals surface area contributed by atoms with E-state index in [1.165, 1.54) is 12.1 Å². The standard InChI is InChI=1S/C11H13FN2O/c1-14(2)6-7-15-11-5-3-4-10(12)9(11)8-13/h3-5H,6-7H2,1-2H3. The Morgan fingerprint density at radius 2 is 2.20 bits per heavy atom.